The third-order valence-corrected chi connectivity index (χ3v) is 5.59. The summed E-state index contributed by atoms with van der Waals surface area (Å²) in [6.45, 7) is 1.59. The van der Waals surface area contributed by atoms with Gasteiger partial charge in [-0.15, -0.1) is 0 Å². The Kier molecular flexibility index (Phi) is 6.53. The van der Waals surface area contributed by atoms with Gasteiger partial charge in [0.15, 0.2) is 5.69 Å². The van der Waals surface area contributed by atoms with Crippen LogP contribution in [-0.4, -0.2) is 20.6 Å². The number of hydrogen-bond donors (Lipinski definition) is 1. The van der Waals surface area contributed by atoms with Gasteiger partial charge < -0.3 is 9.84 Å². The summed E-state index contributed by atoms with van der Waals surface area (Å²) in [5.41, 5.74) is 0.365. The monoisotopic (exact) mass is 504 g/mol. The molecule has 2 aromatic heterocycles. The van der Waals surface area contributed by atoms with E-state index in [0.29, 0.717) is 17.0 Å². The predicted molar refractivity (Wildman–Crippen MR) is 121 cm³/mol. The Balaban J connectivity index is 1.83. The summed E-state index contributed by atoms with van der Waals surface area (Å²) in [7, 11) is 0. The van der Waals surface area contributed by atoms with Crippen molar-refractivity contribution in [2.24, 2.45) is 0 Å². The fourth-order valence-electron chi connectivity index (χ4n) is 3.55. The fourth-order valence-corrected chi connectivity index (χ4v) is 3.77. The number of aromatic nitrogens is 2. The number of hydrogen-bond acceptors (Lipinski definition) is 3. The van der Waals surface area contributed by atoms with Crippen LogP contribution in [0, 0.1) is 12.7 Å². The second-order valence-electron chi connectivity index (χ2n) is 7.61. The average Bonchev–Trinajstić information content (AvgIpc) is 3.19. The van der Waals surface area contributed by atoms with Crippen LogP contribution in [0.3, 0.4) is 0 Å². The first kappa shape index (κ1) is 24.3. The van der Waals surface area contributed by atoms with Crippen LogP contribution < -0.4 is 4.74 Å². The molecule has 0 radical (unpaired) electrons. The van der Waals surface area contributed by atoms with E-state index in [4.69, 9.17) is 16.3 Å². The Morgan fingerprint density at radius 2 is 1.86 bits per heavy atom. The van der Waals surface area contributed by atoms with Gasteiger partial charge in [0.1, 0.15) is 24.0 Å². The van der Waals surface area contributed by atoms with Crippen LogP contribution in [0.4, 0.5) is 17.6 Å². The van der Waals surface area contributed by atoms with Gasteiger partial charge in [-0.3, -0.25) is 4.57 Å². The van der Waals surface area contributed by atoms with E-state index < -0.39 is 23.5 Å². The lowest BCUT2D eigenvalue weighted by molar-refractivity contribution is -0.137. The van der Waals surface area contributed by atoms with Crippen molar-refractivity contribution in [1.82, 2.24) is 9.55 Å². The smallest absolute Gasteiger partial charge is 0.416 e. The van der Waals surface area contributed by atoms with Crippen molar-refractivity contribution < 1.29 is 32.2 Å². The van der Waals surface area contributed by atoms with Crippen molar-refractivity contribution in [3.05, 3.63) is 100 Å². The van der Waals surface area contributed by atoms with Gasteiger partial charge in [-0.05, 0) is 61.5 Å². The lowest BCUT2D eigenvalue weighted by atomic mass is 10.1. The molecule has 1 N–H and O–H groups in total. The molecule has 35 heavy (non-hydrogen) atoms. The summed E-state index contributed by atoms with van der Waals surface area (Å²) < 4.78 is 61.4. The molecule has 0 fully saturated rings. The van der Waals surface area contributed by atoms with E-state index >= 15 is 0 Å². The number of carbonyl (C=O) groups is 1. The van der Waals surface area contributed by atoms with Gasteiger partial charge in [-0.1, -0.05) is 23.7 Å². The zero-order valence-corrected chi connectivity index (χ0v) is 18.9. The summed E-state index contributed by atoms with van der Waals surface area (Å²) in [5, 5.41) is 9.42. The molecule has 2 heterocycles. The molecule has 2 aromatic carbocycles. The van der Waals surface area contributed by atoms with Gasteiger partial charge in [0.05, 0.1) is 16.3 Å². The van der Waals surface area contributed by atoms with Crippen LogP contribution in [-0.2, 0) is 12.8 Å². The second kappa shape index (κ2) is 9.42. The molecule has 5 nitrogen and oxygen atoms in total. The maximum Gasteiger partial charge on any atom is 0.416 e. The Morgan fingerprint density at radius 1 is 1.09 bits per heavy atom. The van der Waals surface area contributed by atoms with Crippen LogP contribution in [0.15, 0.2) is 66.7 Å². The molecule has 0 spiro atoms. The number of carboxylic acids is 1. The highest BCUT2D eigenvalue weighted by Gasteiger charge is 2.32. The Labute approximate surface area is 202 Å². The van der Waals surface area contributed by atoms with Crippen LogP contribution in [0.2, 0.25) is 5.02 Å². The number of carboxylic acid groups (broad SMARTS) is 1. The lowest BCUT2D eigenvalue weighted by Crippen LogP contribution is -2.09. The minimum absolute atomic E-state index is 0.105. The number of ether oxygens (including phenoxy) is 1. The first-order valence-corrected chi connectivity index (χ1v) is 10.6. The van der Waals surface area contributed by atoms with Gasteiger partial charge in [-0.2, -0.15) is 13.2 Å². The standard InChI is InChI=1S/C25H17ClF4N2O3/c1-14-5-9-21(32(14)23-4-2-3-20(31-23)24(33)34)18-11-16(25(28,29)30)7-10-22(18)35-13-15-6-8-17(27)12-19(15)26/h2-12H,13H2,1H3,(H,33,34). The van der Waals surface area contributed by atoms with Crippen molar-refractivity contribution >= 4 is 17.6 Å². The lowest BCUT2D eigenvalue weighted by Gasteiger charge is -2.18. The largest absolute Gasteiger partial charge is 0.488 e. The van der Waals surface area contributed by atoms with E-state index in [-0.39, 0.29) is 34.5 Å². The Hall–Kier alpha value is -3.85. The van der Waals surface area contributed by atoms with Crippen LogP contribution >= 0.6 is 11.6 Å². The zero-order chi connectivity index (χ0) is 25.3. The van der Waals surface area contributed by atoms with Crippen molar-refractivity contribution in [3.63, 3.8) is 0 Å². The molecule has 0 aliphatic rings. The first-order valence-electron chi connectivity index (χ1n) is 10.2. The highest BCUT2D eigenvalue weighted by atomic mass is 35.5. The van der Waals surface area contributed by atoms with Crippen LogP contribution in [0.1, 0.15) is 27.3 Å². The van der Waals surface area contributed by atoms with Gasteiger partial charge in [0.25, 0.3) is 0 Å². The summed E-state index contributed by atoms with van der Waals surface area (Å²) >= 11 is 6.06. The average molecular weight is 505 g/mol. The molecule has 0 aliphatic heterocycles. The Bertz CT molecular complexity index is 1420. The predicted octanol–water partition coefficient (Wildman–Crippen LogP) is 6.94. The molecule has 10 heteroatoms. The van der Waals surface area contributed by atoms with E-state index in [1.54, 1.807) is 29.7 Å². The normalized spacial score (nSPS) is 11.5. The number of halogens is 5. The quantitative estimate of drug-likeness (QED) is 0.289. The molecular formula is C25H17ClF4N2O3. The molecule has 0 unspecified atom stereocenters. The molecule has 180 valence electrons. The van der Waals surface area contributed by atoms with E-state index in [2.05, 4.69) is 4.98 Å². The minimum Gasteiger partial charge on any atom is -0.488 e. The minimum atomic E-state index is -4.61. The first-order chi connectivity index (χ1) is 16.5. The van der Waals surface area contributed by atoms with Crippen LogP contribution in [0.25, 0.3) is 17.1 Å². The molecule has 0 amide bonds. The number of nitrogens with zero attached hydrogens (tertiary/aromatic N) is 2. The van der Waals surface area contributed by atoms with Crippen LogP contribution in [0.5, 0.6) is 5.75 Å². The third kappa shape index (κ3) is 5.14. The van der Waals surface area contributed by atoms with Crippen molar-refractivity contribution in [2.75, 3.05) is 0 Å². The van der Waals surface area contributed by atoms with Crippen molar-refractivity contribution in [2.45, 2.75) is 19.7 Å². The van der Waals surface area contributed by atoms with Gasteiger partial charge in [-0.25, -0.2) is 14.2 Å². The molecule has 0 atom stereocenters. The zero-order valence-electron chi connectivity index (χ0n) is 18.1. The van der Waals surface area contributed by atoms with Crippen molar-refractivity contribution in [3.8, 4) is 22.8 Å². The summed E-state index contributed by atoms with van der Waals surface area (Å²) in [5.74, 6) is -1.43. The Morgan fingerprint density at radius 3 is 2.54 bits per heavy atom. The number of alkyl halides is 3. The maximum absolute atomic E-state index is 13.5. The number of rotatable bonds is 6. The number of pyridine rings is 1. The topological polar surface area (TPSA) is 64.3 Å². The van der Waals surface area contributed by atoms with E-state index in [1.807, 2.05) is 0 Å². The SMILES string of the molecule is Cc1ccc(-c2cc(C(F)(F)F)ccc2OCc2ccc(F)cc2Cl)n1-c1cccc(C(=O)O)n1. The fraction of sp³-hybridized carbons (Fsp3) is 0.120. The molecule has 4 aromatic rings. The van der Waals surface area contributed by atoms with E-state index in [0.717, 1.165) is 18.2 Å². The molecule has 0 saturated carbocycles. The maximum atomic E-state index is 13.5. The number of benzene rings is 2. The molecule has 0 aliphatic carbocycles. The number of aromatic carboxylic acids is 1. The summed E-state index contributed by atoms with van der Waals surface area (Å²) in [4.78, 5) is 15.5. The van der Waals surface area contributed by atoms with E-state index in [9.17, 15) is 27.5 Å². The third-order valence-electron chi connectivity index (χ3n) is 5.24. The van der Waals surface area contributed by atoms with Gasteiger partial charge >= 0.3 is 12.1 Å². The van der Waals surface area contributed by atoms with Gasteiger partial charge in [0.2, 0.25) is 0 Å². The summed E-state index contributed by atoms with van der Waals surface area (Å²) in [6, 6.07) is 14.4. The van der Waals surface area contributed by atoms with Crippen molar-refractivity contribution in [1.29, 1.82) is 0 Å². The van der Waals surface area contributed by atoms with E-state index in [1.165, 1.54) is 30.3 Å². The summed E-state index contributed by atoms with van der Waals surface area (Å²) in [6.07, 6.45) is -4.61. The number of aryl methyl sites for hydroxylation is 1. The highest BCUT2D eigenvalue weighted by molar-refractivity contribution is 6.31. The molecule has 0 bridgehead atoms. The molecular weight excluding hydrogens is 488 g/mol. The highest BCUT2D eigenvalue weighted by Crippen LogP contribution is 2.39. The molecule has 0 saturated heterocycles. The second-order valence-corrected chi connectivity index (χ2v) is 8.02. The van der Waals surface area contributed by atoms with Gasteiger partial charge in [0, 0.05) is 16.8 Å². The molecule has 4 rings (SSSR count).